The number of carbonyl (C=O) groups excluding carboxylic acids is 2. The molecule has 2 amide bonds. The van der Waals surface area contributed by atoms with E-state index in [1.165, 1.54) is 12.1 Å². The number of halogens is 1. The lowest BCUT2D eigenvalue weighted by molar-refractivity contribution is -0.146. The van der Waals surface area contributed by atoms with E-state index in [-0.39, 0.29) is 29.6 Å². The fraction of sp³-hybridized carbons (Fsp3) is 0.524. The second-order valence-corrected chi connectivity index (χ2v) is 7.41. The van der Waals surface area contributed by atoms with Gasteiger partial charge < -0.3 is 9.80 Å². The quantitative estimate of drug-likeness (QED) is 0.762. The third-order valence-electron chi connectivity index (χ3n) is 5.68. The second-order valence-electron chi connectivity index (χ2n) is 7.41. The molecule has 146 valence electrons. The van der Waals surface area contributed by atoms with Crippen LogP contribution in [0.5, 0.6) is 0 Å². The summed E-state index contributed by atoms with van der Waals surface area (Å²) in [6.07, 6.45) is 3.74. The smallest absolute Gasteiger partial charge is 0.228 e. The highest BCUT2D eigenvalue weighted by Gasteiger charge is 2.40. The monoisotopic (exact) mass is 373 g/mol. The number of piperidine rings is 1. The van der Waals surface area contributed by atoms with Crippen LogP contribution in [0.3, 0.4) is 0 Å². The van der Waals surface area contributed by atoms with Crippen molar-refractivity contribution in [2.24, 2.45) is 5.92 Å². The van der Waals surface area contributed by atoms with E-state index in [0.717, 1.165) is 38.2 Å². The maximum Gasteiger partial charge on any atom is 0.228 e. The Labute approximate surface area is 160 Å². The molecule has 2 atom stereocenters. The van der Waals surface area contributed by atoms with Crippen LogP contribution in [0, 0.1) is 11.7 Å². The highest BCUT2D eigenvalue weighted by atomic mass is 19.1. The molecule has 2 aliphatic rings. The summed E-state index contributed by atoms with van der Waals surface area (Å²) >= 11 is 0. The van der Waals surface area contributed by atoms with Gasteiger partial charge in [-0.1, -0.05) is 18.2 Å². The van der Waals surface area contributed by atoms with Crippen molar-refractivity contribution in [2.45, 2.75) is 25.3 Å². The van der Waals surface area contributed by atoms with Crippen LogP contribution in [0.1, 0.15) is 30.9 Å². The van der Waals surface area contributed by atoms with E-state index in [1.54, 1.807) is 24.1 Å². The number of rotatable bonds is 4. The molecule has 1 aromatic carbocycles. The largest absolute Gasteiger partial charge is 0.341 e. The van der Waals surface area contributed by atoms with Gasteiger partial charge in [-0.25, -0.2) is 4.39 Å². The van der Waals surface area contributed by atoms with Gasteiger partial charge in [0.15, 0.2) is 0 Å². The Morgan fingerprint density at radius 2 is 1.96 bits per heavy atom. The zero-order valence-electron chi connectivity index (χ0n) is 15.9. The topological polar surface area (TPSA) is 43.9 Å². The molecule has 0 radical (unpaired) electrons. The lowest BCUT2D eigenvalue weighted by Gasteiger charge is -2.40. The minimum Gasteiger partial charge on any atom is -0.341 e. The lowest BCUT2D eigenvalue weighted by Crippen LogP contribution is -2.48. The van der Waals surface area contributed by atoms with Crippen LogP contribution in [-0.4, -0.2) is 66.3 Å². The van der Waals surface area contributed by atoms with Crippen LogP contribution in [-0.2, 0) is 9.59 Å². The lowest BCUT2D eigenvalue weighted by atomic mass is 9.83. The Bertz CT molecular complexity index is 691. The van der Waals surface area contributed by atoms with Gasteiger partial charge >= 0.3 is 0 Å². The van der Waals surface area contributed by atoms with Gasteiger partial charge in [-0.2, -0.15) is 0 Å². The molecule has 2 unspecified atom stereocenters. The van der Waals surface area contributed by atoms with E-state index in [4.69, 9.17) is 0 Å². The zero-order chi connectivity index (χ0) is 19.4. The first kappa shape index (κ1) is 19.5. The summed E-state index contributed by atoms with van der Waals surface area (Å²) in [6, 6.07) is 5.81. The fourth-order valence-corrected chi connectivity index (χ4v) is 4.20. The van der Waals surface area contributed by atoms with Crippen LogP contribution < -0.4 is 0 Å². The summed E-state index contributed by atoms with van der Waals surface area (Å²) in [6.45, 7) is 7.84. The van der Waals surface area contributed by atoms with E-state index in [1.807, 2.05) is 11.0 Å². The molecule has 0 bridgehead atoms. The van der Waals surface area contributed by atoms with Crippen molar-refractivity contribution in [1.82, 2.24) is 14.7 Å². The van der Waals surface area contributed by atoms with Gasteiger partial charge in [0.25, 0.3) is 0 Å². The first-order valence-corrected chi connectivity index (χ1v) is 9.64. The van der Waals surface area contributed by atoms with Crippen molar-refractivity contribution in [1.29, 1.82) is 0 Å². The summed E-state index contributed by atoms with van der Waals surface area (Å²) in [5.74, 6) is -0.476. The minimum atomic E-state index is -0.341. The summed E-state index contributed by atoms with van der Waals surface area (Å²) in [5.41, 5.74) is 0.813. The molecule has 2 heterocycles. The molecule has 0 aliphatic carbocycles. The van der Waals surface area contributed by atoms with E-state index in [0.29, 0.717) is 19.4 Å². The SMILES string of the molecule is C=CCN1CCCN(C(=O)C2CCC(=O)N(C)C2c2ccc(F)cc2)CC1. The van der Waals surface area contributed by atoms with E-state index in [2.05, 4.69) is 11.5 Å². The van der Waals surface area contributed by atoms with Crippen molar-refractivity contribution >= 4 is 11.8 Å². The number of hydrogen-bond donors (Lipinski definition) is 0. The molecular formula is C21H28FN3O2. The summed E-state index contributed by atoms with van der Waals surface area (Å²) in [7, 11) is 1.74. The van der Waals surface area contributed by atoms with Gasteiger partial charge in [-0.05, 0) is 30.5 Å². The average molecular weight is 373 g/mol. The molecule has 1 aromatic rings. The number of carbonyl (C=O) groups is 2. The van der Waals surface area contributed by atoms with Crippen molar-refractivity contribution in [2.75, 3.05) is 39.8 Å². The Morgan fingerprint density at radius 3 is 2.67 bits per heavy atom. The third kappa shape index (κ3) is 4.38. The van der Waals surface area contributed by atoms with E-state index < -0.39 is 0 Å². The molecule has 0 spiro atoms. The predicted octanol–water partition coefficient (Wildman–Crippen LogP) is 2.46. The number of benzene rings is 1. The second kappa shape index (κ2) is 8.65. The van der Waals surface area contributed by atoms with Gasteiger partial charge in [-0.15, -0.1) is 6.58 Å². The van der Waals surface area contributed by atoms with E-state index in [9.17, 15) is 14.0 Å². The van der Waals surface area contributed by atoms with Crippen LogP contribution in [0.25, 0.3) is 0 Å². The molecule has 2 fully saturated rings. The molecular weight excluding hydrogens is 345 g/mol. The molecule has 0 saturated carbocycles. The number of hydrogen-bond acceptors (Lipinski definition) is 3. The zero-order valence-corrected chi connectivity index (χ0v) is 15.9. The fourth-order valence-electron chi connectivity index (χ4n) is 4.20. The van der Waals surface area contributed by atoms with Gasteiger partial charge in [0.2, 0.25) is 11.8 Å². The highest BCUT2D eigenvalue weighted by molar-refractivity contribution is 5.85. The van der Waals surface area contributed by atoms with Crippen molar-refractivity contribution in [3.05, 3.63) is 48.3 Å². The summed E-state index contributed by atoms with van der Waals surface area (Å²) < 4.78 is 13.4. The van der Waals surface area contributed by atoms with Crippen LogP contribution in [0.15, 0.2) is 36.9 Å². The third-order valence-corrected chi connectivity index (χ3v) is 5.68. The van der Waals surface area contributed by atoms with Crippen molar-refractivity contribution in [3.8, 4) is 0 Å². The van der Waals surface area contributed by atoms with Crippen LogP contribution >= 0.6 is 0 Å². The first-order chi connectivity index (χ1) is 13.0. The maximum atomic E-state index is 13.4. The van der Waals surface area contributed by atoms with Crippen LogP contribution in [0.2, 0.25) is 0 Å². The number of amides is 2. The maximum absolute atomic E-state index is 13.4. The number of likely N-dealkylation sites (tertiary alicyclic amines) is 1. The minimum absolute atomic E-state index is 0.0291. The van der Waals surface area contributed by atoms with Crippen LogP contribution in [0.4, 0.5) is 4.39 Å². The van der Waals surface area contributed by atoms with Gasteiger partial charge in [-0.3, -0.25) is 14.5 Å². The van der Waals surface area contributed by atoms with Crippen molar-refractivity contribution in [3.63, 3.8) is 0 Å². The molecule has 2 saturated heterocycles. The standard InChI is InChI=1S/C21H28FN3O2/c1-3-11-24-12-4-13-25(15-14-24)21(27)18-9-10-19(26)23(2)20(18)16-5-7-17(22)8-6-16/h3,5-8,18,20H,1,4,9-15H2,2H3. The van der Waals surface area contributed by atoms with Crippen molar-refractivity contribution < 1.29 is 14.0 Å². The first-order valence-electron chi connectivity index (χ1n) is 9.64. The molecule has 0 aromatic heterocycles. The Kier molecular flexibility index (Phi) is 6.26. The van der Waals surface area contributed by atoms with E-state index >= 15 is 0 Å². The average Bonchev–Trinajstić information content (AvgIpc) is 2.90. The molecule has 5 nitrogen and oxygen atoms in total. The van der Waals surface area contributed by atoms with Gasteiger partial charge in [0.05, 0.1) is 12.0 Å². The Morgan fingerprint density at radius 1 is 1.22 bits per heavy atom. The molecule has 27 heavy (non-hydrogen) atoms. The Hall–Kier alpha value is -2.21. The molecule has 0 N–H and O–H groups in total. The van der Waals surface area contributed by atoms with Gasteiger partial charge in [0, 0.05) is 46.2 Å². The molecule has 6 heteroatoms. The molecule has 2 aliphatic heterocycles. The normalized spacial score (nSPS) is 24.6. The summed E-state index contributed by atoms with van der Waals surface area (Å²) in [5, 5.41) is 0. The highest BCUT2D eigenvalue weighted by Crippen LogP contribution is 2.37. The Balaban J connectivity index is 1.79. The summed E-state index contributed by atoms with van der Waals surface area (Å²) in [4.78, 5) is 31.5. The molecule has 3 rings (SSSR count). The number of nitrogens with zero attached hydrogens (tertiary/aromatic N) is 3. The van der Waals surface area contributed by atoms with Gasteiger partial charge in [0.1, 0.15) is 5.82 Å². The predicted molar refractivity (Wildman–Crippen MR) is 102 cm³/mol.